The van der Waals surface area contributed by atoms with Gasteiger partial charge in [-0.2, -0.15) is 0 Å². The van der Waals surface area contributed by atoms with Gasteiger partial charge in [0, 0.05) is 10.4 Å². The fourth-order valence-corrected chi connectivity index (χ4v) is 2.34. The normalized spacial score (nSPS) is 10.6. The van der Waals surface area contributed by atoms with E-state index in [4.69, 9.17) is 14.6 Å². The number of allylic oxidation sites excluding steroid dienone is 1. The van der Waals surface area contributed by atoms with E-state index in [1.807, 2.05) is 17.5 Å². The van der Waals surface area contributed by atoms with Gasteiger partial charge in [0.15, 0.2) is 23.9 Å². The average Bonchev–Trinajstić information content (AvgIpc) is 3.03. The molecular weight excluding hydrogens is 304 g/mol. The number of carboxylic acid groups (broad SMARTS) is 1. The Hall–Kier alpha value is -2.60. The van der Waals surface area contributed by atoms with Crippen molar-refractivity contribution in [2.75, 3.05) is 13.7 Å². The number of aliphatic carboxylic acids is 1. The molecule has 114 valence electrons. The molecule has 0 aliphatic heterocycles. The summed E-state index contributed by atoms with van der Waals surface area (Å²) >= 11 is 1.54. The van der Waals surface area contributed by atoms with E-state index in [-0.39, 0.29) is 11.5 Å². The maximum atomic E-state index is 12.1. The van der Waals surface area contributed by atoms with Crippen molar-refractivity contribution in [2.24, 2.45) is 0 Å². The van der Waals surface area contributed by atoms with Gasteiger partial charge in [0.25, 0.3) is 0 Å². The molecule has 0 unspecified atom stereocenters. The Balaban J connectivity index is 2.14. The molecule has 1 N–H and O–H groups in total. The number of methoxy groups -OCH3 is 1. The summed E-state index contributed by atoms with van der Waals surface area (Å²) in [4.78, 5) is 23.6. The zero-order valence-corrected chi connectivity index (χ0v) is 12.6. The number of ether oxygens (including phenoxy) is 2. The molecule has 0 bridgehead atoms. The highest BCUT2D eigenvalue weighted by Gasteiger charge is 2.10. The van der Waals surface area contributed by atoms with E-state index in [9.17, 15) is 9.59 Å². The summed E-state index contributed by atoms with van der Waals surface area (Å²) < 4.78 is 10.2. The minimum atomic E-state index is -1.08. The van der Waals surface area contributed by atoms with Gasteiger partial charge in [-0.15, -0.1) is 11.3 Å². The SMILES string of the molecule is COc1cc(C(=O)/C=C/c2cccs2)ccc1OCC(=O)O. The molecule has 0 aliphatic rings. The van der Waals surface area contributed by atoms with E-state index >= 15 is 0 Å². The molecule has 0 atom stereocenters. The van der Waals surface area contributed by atoms with Crippen molar-refractivity contribution in [3.63, 3.8) is 0 Å². The summed E-state index contributed by atoms with van der Waals surface area (Å²) in [5.74, 6) is -0.655. The average molecular weight is 318 g/mol. The third-order valence-electron chi connectivity index (χ3n) is 2.74. The Morgan fingerprint density at radius 2 is 2.09 bits per heavy atom. The van der Waals surface area contributed by atoms with Gasteiger partial charge in [0.05, 0.1) is 7.11 Å². The lowest BCUT2D eigenvalue weighted by Crippen LogP contribution is -2.10. The second kappa shape index (κ2) is 7.42. The number of benzene rings is 1. The molecule has 22 heavy (non-hydrogen) atoms. The Kier molecular flexibility index (Phi) is 5.32. The van der Waals surface area contributed by atoms with Crippen LogP contribution < -0.4 is 9.47 Å². The number of carbonyl (C=O) groups is 2. The summed E-state index contributed by atoms with van der Waals surface area (Å²) in [6.07, 6.45) is 3.23. The van der Waals surface area contributed by atoms with Crippen molar-refractivity contribution >= 4 is 29.2 Å². The Labute approximate surface area is 131 Å². The molecule has 2 aromatic rings. The lowest BCUT2D eigenvalue weighted by atomic mass is 10.1. The minimum Gasteiger partial charge on any atom is -0.493 e. The number of hydrogen-bond donors (Lipinski definition) is 1. The molecular formula is C16H14O5S. The van der Waals surface area contributed by atoms with E-state index in [0.29, 0.717) is 11.3 Å². The lowest BCUT2D eigenvalue weighted by Gasteiger charge is -2.09. The summed E-state index contributed by atoms with van der Waals surface area (Å²) in [6.45, 7) is -0.470. The molecule has 6 heteroatoms. The zero-order chi connectivity index (χ0) is 15.9. The molecule has 2 rings (SSSR count). The van der Waals surface area contributed by atoms with Crippen LogP contribution in [0.4, 0.5) is 0 Å². The van der Waals surface area contributed by atoms with Gasteiger partial charge in [-0.3, -0.25) is 4.79 Å². The Morgan fingerprint density at radius 1 is 1.27 bits per heavy atom. The van der Waals surface area contributed by atoms with Crippen LogP contribution in [0, 0.1) is 0 Å². The van der Waals surface area contributed by atoms with Crippen LogP contribution in [0.3, 0.4) is 0 Å². The van der Waals surface area contributed by atoms with Crippen LogP contribution >= 0.6 is 11.3 Å². The predicted octanol–water partition coefficient (Wildman–Crippen LogP) is 3.12. The monoisotopic (exact) mass is 318 g/mol. The zero-order valence-electron chi connectivity index (χ0n) is 11.8. The van der Waals surface area contributed by atoms with Gasteiger partial charge in [0.1, 0.15) is 0 Å². The number of carboxylic acids is 1. The van der Waals surface area contributed by atoms with Gasteiger partial charge in [-0.1, -0.05) is 6.07 Å². The van der Waals surface area contributed by atoms with Crippen molar-refractivity contribution < 1.29 is 24.2 Å². The van der Waals surface area contributed by atoms with Crippen LogP contribution in [0.2, 0.25) is 0 Å². The first kappa shape index (κ1) is 15.8. The molecule has 0 spiro atoms. The van der Waals surface area contributed by atoms with E-state index in [1.54, 1.807) is 23.5 Å². The van der Waals surface area contributed by atoms with Gasteiger partial charge in [0.2, 0.25) is 0 Å². The maximum absolute atomic E-state index is 12.1. The van der Waals surface area contributed by atoms with Crippen molar-refractivity contribution in [2.45, 2.75) is 0 Å². The van der Waals surface area contributed by atoms with Crippen LogP contribution in [0.1, 0.15) is 15.2 Å². The van der Waals surface area contributed by atoms with E-state index in [0.717, 1.165) is 4.88 Å². The first-order valence-electron chi connectivity index (χ1n) is 6.38. The second-order valence-electron chi connectivity index (χ2n) is 4.26. The standard InChI is InChI=1S/C16H14O5S/c1-20-15-9-11(4-7-14(15)21-10-16(18)19)13(17)6-5-12-3-2-8-22-12/h2-9H,10H2,1H3,(H,18,19)/b6-5+. The highest BCUT2D eigenvalue weighted by atomic mass is 32.1. The molecule has 1 aromatic carbocycles. The third-order valence-corrected chi connectivity index (χ3v) is 3.58. The highest BCUT2D eigenvalue weighted by Crippen LogP contribution is 2.28. The summed E-state index contributed by atoms with van der Waals surface area (Å²) in [6, 6.07) is 8.44. The van der Waals surface area contributed by atoms with Crippen LogP contribution in [0.15, 0.2) is 41.8 Å². The quantitative estimate of drug-likeness (QED) is 0.627. The van der Waals surface area contributed by atoms with Gasteiger partial charge in [-0.25, -0.2) is 4.79 Å². The van der Waals surface area contributed by atoms with Crippen LogP contribution in [-0.2, 0) is 4.79 Å². The third kappa shape index (κ3) is 4.20. The summed E-state index contributed by atoms with van der Waals surface area (Å²) in [7, 11) is 1.43. The largest absolute Gasteiger partial charge is 0.493 e. The van der Waals surface area contributed by atoms with E-state index < -0.39 is 12.6 Å². The lowest BCUT2D eigenvalue weighted by molar-refractivity contribution is -0.139. The summed E-state index contributed by atoms with van der Waals surface area (Å²) in [5, 5.41) is 10.5. The molecule has 0 fully saturated rings. The first-order valence-corrected chi connectivity index (χ1v) is 7.26. The molecule has 0 amide bonds. The Bertz CT molecular complexity index is 689. The summed E-state index contributed by atoms with van der Waals surface area (Å²) in [5.41, 5.74) is 0.437. The van der Waals surface area contributed by atoms with E-state index in [1.165, 1.54) is 25.3 Å². The van der Waals surface area contributed by atoms with Crippen LogP contribution in [-0.4, -0.2) is 30.6 Å². The molecule has 0 aliphatic carbocycles. The van der Waals surface area contributed by atoms with E-state index in [2.05, 4.69) is 0 Å². The number of hydrogen-bond acceptors (Lipinski definition) is 5. The van der Waals surface area contributed by atoms with Crippen LogP contribution in [0.25, 0.3) is 6.08 Å². The predicted molar refractivity (Wildman–Crippen MR) is 83.8 cm³/mol. The van der Waals surface area contributed by atoms with Crippen molar-refractivity contribution in [3.05, 3.63) is 52.2 Å². The molecule has 0 saturated carbocycles. The number of thiophene rings is 1. The second-order valence-corrected chi connectivity index (χ2v) is 5.24. The molecule has 0 saturated heterocycles. The van der Waals surface area contributed by atoms with Crippen LogP contribution in [0.5, 0.6) is 11.5 Å². The van der Waals surface area contributed by atoms with Gasteiger partial charge in [-0.05, 0) is 41.8 Å². The van der Waals surface area contributed by atoms with Gasteiger partial charge >= 0.3 is 5.97 Å². The smallest absolute Gasteiger partial charge is 0.341 e. The highest BCUT2D eigenvalue weighted by molar-refractivity contribution is 7.10. The van der Waals surface area contributed by atoms with Crippen molar-refractivity contribution in [3.8, 4) is 11.5 Å². The minimum absolute atomic E-state index is 0.170. The molecule has 0 radical (unpaired) electrons. The fraction of sp³-hybridized carbons (Fsp3) is 0.125. The fourth-order valence-electron chi connectivity index (χ4n) is 1.72. The number of carbonyl (C=O) groups excluding carboxylic acids is 1. The Morgan fingerprint density at radius 3 is 2.73 bits per heavy atom. The first-order chi connectivity index (χ1) is 10.6. The molecule has 1 aromatic heterocycles. The van der Waals surface area contributed by atoms with Gasteiger partial charge < -0.3 is 14.6 Å². The van der Waals surface area contributed by atoms with Crippen molar-refractivity contribution in [1.82, 2.24) is 0 Å². The van der Waals surface area contributed by atoms with Crippen molar-refractivity contribution in [1.29, 1.82) is 0 Å². The molecule has 1 heterocycles. The molecule has 5 nitrogen and oxygen atoms in total. The topological polar surface area (TPSA) is 72.8 Å². The number of rotatable bonds is 7. The maximum Gasteiger partial charge on any atom is 0.341 e. The number of ketones is 1.